The number of carbonyl (C=O) groups excluding carboxylic acids is 1. The molecule has 0 aromatic carbocycles. The van der Waals surface area contributed by atoms with Gasteiger partial charge in [0.1, 0.15) is 11.8 Å². The van der Waals surface area contributed by atoms with E-state index >= 15 is 0 Å². The predicted octanol–water partition coefficient (Wildman–Crippen LogP) is 1.31. The molecule has 0 unspecified atom stereocenters. The van der Waals surface area contributed by atoms with Crippen LogP contribution in [0.4, 0.5) is 0 Å². The van der Waals surface area contributed by atoms with Crippen molar-refractivity contribution in [3.63, 3.8) is 0 Å². The van der Waals surface area contributed by atoms with Gasteiger partial charge in [0.25, 0.3) is 0 Å². The summed E-state index contributed by atoms with van der Waals surface area (Å²) in [5, 5.41) is 7.44. The summed E-state index contributed by atoms with van der Waals surface area (Å²) < 4.78 is 0. The quantitative estimate of drug-likeness (QED) is 0.486. The summed E-state index contributed by atoms with van der Waals surface area (Å²) in [6.45, 7) is 3.70. The molecule has 1 aliphatic heterocycles. The van der Waals surface area contributed by atoms with Crippen LogP contribution in [0.3, 0.4) is 0 Å². The average Bonchev–Trinajstić information content (AvgIpc) is 2.08. The first-order valence-corrected chi connectivity index (χ1v) is 2.74. The Morgan fingerprint density at radius 1 is 1.67 bits per heavy atom. The number of aldehydes is 1. The maximum atomic E-state index is 10.2. The van der Waals surface area contributed by atoms with E-state index in [0.717, 1.165) is 6.29 Å². The Kier molecular flexibility index (Phi) is 1.20. The monoisotopic (exact) mass is 124 g/mol. The number of hydrogen-bond donors (Lipinski definition) is 0. The maximum absolute atomic E-state index is 10.2. The first kappa shape index (κ1) is 6.13. The van der Waals surface area contributed by atoms with Gasteiger partial charge in [-0.3, -0.25) is 4.79 Å². The Balaban J connectivity index is 2.91. The summed E-state index contributed by atoms with van der Waals surface area (Å²) in [4.78, 5) is 10.2. The van der Waals surface area contributed by atoms with Crippen molar-refractivity contribution in [3.05, 3.63) is 11.8 Å². The van der Waals surface area contributed by atoms with Crippen molar-refractivity contribution in [2.24, 2.45) is 10.2 Å². The molecule has 0 radical (unpaired) electrons. The van der Waals surface area contributed by atoms with Crippen molar-refractivity contribution >= 4 is 6.29 Å². The van der Waals surface area contributed by atoms with E-state index in [9.17, 15) is 4.79 Å². The summed E-state index contributed by atoms with van der Waals surface area (Å²) in [5.41, 5.74) is 0.254. The molecule has 0 aliphatic carbocycles. The molecule has 1 aliphatic rings. The van der Waals surface area contributed by atoms with Gasteiger partial charge in [-0.2, -0.15) is 10.2 Å². The molecular weight excluding hydrogens is 116 g/mol. The average molecular weight is 124 g/mol. The van der Waals surface area contributed by atoms with E-state index in [-0.39, 0.29) is 5.54 Å². The van der Waals surface area contributed by atoms with E-state index in [2.05, 4.69) is 10.2 Å². The van der Waals surface area contributed by atoms with Crippen molar-refractivity contribution in [2.45, 2.75) is 19.4 Å². The van der Waals surface area contributed by atoms with Gasteiger partial charge in [-0.05, 0) is 13.8 Å². The number of nitrogens with zero attached hydrogens (tertiary/aromatic N) is 2. The van der Waals surface area contributed by atoms with Crippen molar-refractivity contribution in [1.82, 2.24) is 0 Å². The first-order chi connectivity index (χ1) is 4.17. The summed E-state index contributed by atoms with van der Waals surface area (Å²) in [7, 11) is 0. The minimum atomic E-state index is -0.387. The fraction of sp³-hybridized carbons (Fsp3) is 0.500. The third-order valence-corrected chi connectivity index (χ3v) is 1.34. The van der Waals surface area contributed by atoms with E-state index < -0.39 is 0 Å². The zero-order chi connectivity index (χ0) is 6.91. The normalized spacial score (nSPS) is 21.8. The maximum Gasteiger partial charge on any atom is 0.150 e. The predicted molar refractivity (Wildman–Crippen MR) is 33.1 cm³/mol. The smallest absolute Gasteiger partial charge is 0.150 e. The second-order valence-corrected chi connectivity index (χ2v) is 2.48. The molecule has 3 nitrogen and oxygen atoms in total. The highest BCUT2D eigenvalue weighted by molar-refractivity contribution is 5.77. The fourth-order valence-corrected chi connectivity index (χ4v) is 0.626. The van der Waals surface area contributed by atoms with Crippen molar-refractivity contribution in [2.75, 3.05) is 0 Å². The Bertz CT molecular complexity index is 191. The van der Waals surface area contributed by atoms with E-state index in [0.29, 0.717) is 5.57 Å². The number of carbonyl (C=O) groups is 1. The van der Waals surface area contributed by atoms with Crippen LogP contribution in [0.25, 0.3) is 0 Å². The zero-order valence-electron chi connectivity index (χ0n) is 5.46. The number of azo groups is 1. The second-order valence-electron chi connectivity index (χ2n) is 2.48. The van der Waals surface area contributed by atoms with E-state index in [1.54, 1.807) is 0 Å². The molecular formula is C6H8N2O. The number of hydrogen-bond acceptors (Lipinski definition) is 3. The van der Waals surface area contributed by atoms with Crippen LogP contribution in [0, 0.1) is 0 Å². The molecule has 0 amide bonds. The first-order valence-electron chi connectivity index (χ1n) is 2.74. The molecule has 0 aromatic rings. The van der Waals surface area contributed by atoms with Gasteiger partial charge in [0, 0.05) is 5.57 Å². The lowest BCUT2D eigenvalue weighted by molar-refractivity contribution is -0.105. The van der Waals surface area contributed by atoms with Gasteiger partial charge in [0.15, 0.2) is 0 Å². The van der Waals surface area contributed by atoms with Crippen LogP contribution in [0.5, 0.6) is 0 Å². The largest absolute Gasteiger partial charge is 0.298 e. The third kappa shape index (κ3) is 0.896. The molecule has 0 bridgehead atoms. The molecule has 3 heteroatoms. The molecule has 48 valence electrons. The minimum absolute atomic E-state index is 0.387. The van der Waals surface area contributed by atoms with Crippen LogP contribution >= 0.6 is 0 Å². The second kappa shape index (κ2) is 1.76. The summed E-state index contributed by atoms with van der Waals surface area (Å²) in [5.74, 6) is 0. The Labute approximate surface area is 53.5 Å². The van der Waals surface area contributed by atoms with Crippen LogP contribution in [-0.2, 0) is 4.79 Å². The lowest BCUT2D eigenvalue weighted by atomic mass is 9.98. The molecule has 1 heterocycles. The Morgan fingerprint density at radius 3 is 2.56 bits per heavy atom. The standard InChI is InChI=1S/C6H8N2O/c1-6(2)5(4-9)3-7-8-6/h3-4H,1-2H3. The SMILES string of the molecule is CC1(C)N=NC=C1C=O. The zero-order valence-corrected chi connectivity index (χ0v) is 5.46. The molecule has 0 atom stereocenters. The third-order valence-electron chi connectivity index (χ3n) is 1.34. The van der Waals surface area contributed by atoms with Crippen LogP contribution in [0.15, 0.2) is 22.0 Å². The van der Waals surface area contributed by atoms with Crippen molar-refractivity contribution in [1.29, 1.82) is 0 Å². The molecule has 0 saturated heterocycles. The molecule has 9 heavy (non-hydrogen) atoms. The molecule has 0 N–H and O–H groups in total. The molecule has 0 aromatic heterocycles. The molecule has 1 rings (SSSR count). The van der Waals surface area contributed by atoms with Gasteiger partial charge in [-0.15, -0.1) is 0 Å². The van der Waals surface area contributed by atoms with Crippen LogP contribution < -0.4 is 0 Å². The lowest BCUT2D eigenvalue weighted by Crippen LogP contribution is -2.17. The minimum Gasteiger partial charge on any atom is -0.298 e. The van der Waals surface area contributed by atoms with Crippen LogP contribution in [0.2, 0.25) is 0 Å². The van der Waals surface area contributed by atoms with Gasteiger partial charge >= 0.3 is 0 Å². The summed E-state index contributed by atoms with van der Waals surface area (Å²) in [6.07, 6.45) is 2.28. The summed E-state index contributed by atoms with van der Waals surface area (Å²) in [6, 6.07) is 0. The Morgan fingerprint density at radius 2 is 2.33 bits per heavy atom. The van der Waals surface area contributed by atoms with Crippen molar-refractivity contribution < 1.29 is 4.79 Å². The molecule has 0 saturated carbocycles. The fourth-order valence-electron chi connectivity index (χ4n) is 0.626. The lowest BCUT2D eigenvalue weighted by Gasteiger charge is -2.10. The highest BCUT2D eigenvalue weighted by Gasteiger charge is 2.25. The topological polar surface area (TPSA) is 41.8 Å². The number of rotatable bonds is 1. The van der Waals surface area contributed by atoms with Gasteiger partial charge in [-0.25, -0.2) is 0 Å². The van der Waals surface area contributed by atoms with Crippen LogP contribution in [-0.4, -0.2) is 11.8 Å². The van der Waals surface area contributed by atoms with Gasteiger partial charge < -0.3 is 0 Å². The van der Waals surface area contributed by atoms with Gasteiger partial charge in [0.05, 0.1) is 6.20 Å². The van der Waals surface area contributed by atoms with Gasteiger partial charge in [0.2, 0.25) is 0 Å². The van der Waals surface area contributed by atoms with Crippen LogP contribution in [0.1, 0.15) is 13.8 Å². The highest BCUT2D eigenvalue weighted by Crippen LogP contribution is 2.24. The molecule has 0 fully saturated rings. The van der Waals surface area contributed by atoms with E-state index in [1.807, 2.05) is 13.8 Å². The summed E-state index contributed by atoms with van der Waals surface area (Å²) >= 11 is 0. The highest BCUT2D eigenvalue weighted by atomic mass is 16.1. The van der Waals surface area contributed by atoms with E-state index in [4.69, 9.17) is 0 Å². The van der Waals surface area contributed by atoms with Gasteiger partial charge in [-0.1, -0.05) is 0 Å². The van der Waals surface area contributed by atoms with E-state index in [1.165, 1.54) is 6.20 Å². The van der Waals surface area contributed by atoms with Crippen molar-refractivity contribution in [3.8, 4) is 0 Å². The molecule has 0 spiro atoms. The Hall–Kier alpha value is -0.990.